The molecule has 1 aliphatic carbocycles. The van der Waals surface area contributed by atoms with Crippen LogP contribution in [0.2, 0.25) is 0 Å². The Bertz CT molecular complexity index is 1060. The van der Waals surface area contributed by atoms with Crippen LogP contribution in [0, 0.1) is 6.92 Å². The van der Waals surface area contributed by atoms with Crippen molar-refractivity contribution in [1.29, 1.82) is 0 Å². The van der Waals surface area contributed by atoms with E-state index in [0.29, 0.717) is 12.1 Å². The van der Waals surface area contributed by atoms with Crippen LogP contribution in [0.5, 0.6) is 0 Å². The molecule has 2 heterocycles. The summed E-state index contributed by atoms with van der Waals surface area (Å²) in [5.74, 6) is -0.990. The van der Waals surface area contributed by atoms with Crippen LogP contribution in [0.3, 0.4) is 0 Å². The van der Waals surface area contributed by atoms with Gasteiger partial charge in [-0.1, -0.05) is 25.3 Å². The third-order valence-electron chi connectivity index (χ3n) is 5.58. The van der Waals surface area contributed by atoms with E-state index in [-0.39, 0.29) is 17.3 Å². The number of aromatic carboxylic acids is 1. The summed E-state index contributed by atoms with van der Waals surface area (Å²) in [6, 6.07) is 8.98. The van der Waals surface area contributed by atoms with Gasteiger partial charge in [0.25, 0.3) is 0 Å². The number of aromatic nitrogens is 3. The van der Waals surface area contributed by atoms with E-state index < -0.39 is 5.97 Å². The Kier molecular flexibility index (Phi) is 4.56. The number of pyridine rings is 1. The number of hydrogen-bond acceptors (Lipinski definition) is 3. The highest BCUT2D eigenvalue weighted by molar-refractivity contribution is 5.92. The third kappa shape index (κ3) is 3.16. The standard InChI is InChI=1S/C21H23N3O3/c1-14-6-5-11-22-17(14)13-23-19-12-15(20(25)26)9-10-18(19)24(21(23)27)16-7-3-2-4-8-16/h5-6,9-12,16H,2-4,7-8,13H2,1H3,(H,25,26). The van der Waals surface area contributed by atoms with Crippen molar-refractivity contribution in [2.75, 3.05) is 0 Å². The fourth-order valence-electron chi connectivity index (χ4n) is 4.09. The van der Waals surface area contributed by atoms with Crippen LogP contribution in [0.4, 0.5) is 0 Å². The average Bonchev–Trinajstić information content (AvgIpc) is 2.95. The van der Waals surface area contributed by atoms with Crippen LogP contribution in [-0.4, -0.2) is 25.2 Å². The largest absolute Gasteiger partial charge is 0.478 e. The van der Waals surface area contributed by atoms with Crippen molar-refractivity contribution in [3.8, 4) is 0 Å². The van der Waals surface area contributed by atoms with E-state index in [1.54, 1.807) is 29.0 Å². The molecule has 0 radical (unpaired) electrons. The van der Waals surface area contributed by atoms with Crippen molar-refractivity contribution >= 4 is 17.0 Å². The minimum absolute atomic E-state index is 0.0792. The lowest BCUT2D eigenvalue weighted by Gasteiger charge is -2.22. The van der Waals surface area contributed by atoms with Crippen LogP contribution >= 0.6 is 0 Å². The molecule has 3 aromatic rings. The van der Waals surface area contributed by atoms with Gasteiger partial charge in [-0.15, -0.1) is 0 Å². The van der Waals surface area contributed by atoms with Crippen LogP contribution in [0.25, 0.3) is 11.0 Å². The number of rotatable bonds is 4. The van der Waals surface area contributed by atoms with Gasteiger partial charge in [-0.2, -0.15) is 0 Å². The quantitative estimate of drug-likeness (QED) is 0.764. The molecule has 0 atom stereocenters. The molecule has 0 aliphatic heterocycles. The highest BCUT2D eigenvalue weighted by atomic mass is 16.4. The lowest BCUT2D eigenvalue weighted by molar-refractivity contribution is 0.0697. The summed E-state index contributed by atoms with van der Waals surface area (Å²) in [6.07, 6.45) is 7.15. The molecule has 1 saturated carbocycles. The molecular formula is C21H23N3O3. The second-order valence-corrected chi connectivity index (χ2v) is 7.31. The zero-order chi connectivity index (χ0) is 19.0. The van der Waals surface area contributed by atoms with Gasteiger partial charge < -0.3 is 5.11 Å². The molecule has 0 amide bonds. The number of benzene rings is 1. The smallest absolute Gasteiger partial charge is 0.335 e. The number of carboxylic acid groups (broad SMARTS) is 1. The maximum atomic E-state index is 13.3. The van der Waals surface area contributed by atoms with Gasteiger partial charge in [0.1, 0.15) is 0 Å². The predicted octanol–water partition coefficient (Wildman–Crippen LogP) is 3.76. The minimum atomic E-state index is -0.990. The Morgan fingerprint density at radius 3 is 2.67 bits per heavy atom. The normalized spacial score (nSPS) is 15.3. The number of carbonyl (C=O) groups is 1. The van der Waals surface area contributed by atoms with E-state index in [1.807, 2.05) is 23.6 Å². The first-order valence-corrected chi connectivity index (χ1v) is 9.45. The molecule has 4 rings (SSSR count). The summed E-state index contributed by atoms with van der Waals surface area (Å²) in [7, 11) is 0. The molecule has 1 aromatic carbocycles. The second-order valence-electron chi connectivity index (χ2n) is 7.31. The summed E-state index contributed by atoms with van der Waals surface area (Å²) < 4.78 is 3.55. The monoisotopic (exact) mass is 365 g/mol. The van der Waals surface area contributed by atoms with Crippen molar-refractivity contribution in [3.05, 3.63) is 63.8 Å². The van der Waals surface area contributed by atoms with Gasteiger partial charge in [0.15, 0.2) is 0 Å². The number of aryl methyl sites for hydroxylation is 1. The molecule has 6 heteroatoms. The number of imidazole rings is 1. The van der Waals surface area contributed by atoms with E-state index in [1.165, 1.54) is 6.42 Å². The van der Waals surface area contributed by atoms with E-state index >= 15 is 0 Å². The highest BCUT2D eigenvalue weighted by Gasteiger charge is 2.23. The summed E-state index contributed by atoms with van der Waals surface area (Å²) in [6.45, 7) is 2.31. The van der Waals surface area contributed by atoms with E-state index in [4.69, 9.17) is 0 Å². The molecular weight excluding hydrogens is 342 g/mol. The molecule has 0 unspecified atom stereocenters. The number of nitrogens with zero attached hydrogens (tertiary/aromatic N) is 3. The van der Waals surface area contributed by atoms with Crippen molar-refractivity contribution in [2.24, 2.45) is 0 Å². The SMILES string of the molecule is Cc1cccnc1Cn1c(=O)n(C2CCCCC2)c2ccc(C(=O)O)cc21. The summed E-state index contributed by atoms with van der Waals surface area (Å²) >= 11 is 0. The van der Waals surface area contributed by atoms with Crippen LogP contribution < -0.4 is 5.69 Å². The number of hydrogen-bond donors (Lipinski definition) is 1. The lowest BCUT2D eigenvalue weighted by atomic mass is 9.95. The first-order chi connectivity index (χ1) is 13.1. The summed E-state index contributed by atoms with van der Waals surface area (Å²) in [4.78, 5) is 29.2. The van der Waals surface area contributed by atoms with Crippen LogP contribution in [0.1, 0.15) is 59.8 Å². The maximum absolute atomic E-state index is 13.3. The van der Waals surface area contributed by atoms with E-state index in [0.717, 1.165) is 42.5 Å². The lowest BCUT2D eigenvalue weighted by Crippen LogP contribution is -2.29. The van der Waals surface area contributed by atoms with Gasteiger partial charge in [0.05, 0.1) is 28.8 Å². The number of carboxylic acids is 1. The molecule has 27 heavy (non-hydrogen) atoms. The number of fused-ring (bicyclic) bond motifs is 1. The maximum Gasteiger partial charge on any atom is 0.335 e. The predicted molar refractivity (Wildman–Crippen MR) is 103 cm³/mol. The van der Waals surface area contributed by atoms with Gasteiger partial charge >= 0.3 is 11.7 Å². The molecule has 0 bridgehead atoms. The minimum Gasteiger partial charge on any atom is -0.478 e. The average molecular weight is 365 g/mol. The molecule has 6 nitrogen and oxygen atoms in total. The van der Waals surface area contributed by atoms with E-state index in [2.05, 4.69) is 4.98 Å². The zero-order valence-electron chi connectivity index (χ0n) is 15.4. The Hall–Kier alpha value is -2.89. The van der Waals surface area contributed by atoms with Crippen LogP contribution in [0.15, 0.2) is 41.3 Å². The molecule has 1 aliphatic rings. The molecule has 0 saturated heterocycles. The Morgan fingerprint density at radius 2 is 1.96 bits per heavy atom. The third-order valence-corrected chi connectivity index (χ3v) is 5.58. The van der Waals surface area contributed by atoms with Crippen LogP contribution in [-0.2, 0) is 6.54 Å². The van der Waals surface area contributed by atoms with Gasteiger partial charge in [0.2, 0.25) is 0 Å². The van der Waals surface area contributed by atoms with Gasteiger partial charge in [0, 0.05) is 12.2 Å². The topological polar surface area (TPSA) is 77.1 Å². The molecule has 0 spiro atoms. The first kappa shape index (κ1) is 17.5. The van der Waals surface area contributed by atoms with Gasteiger partial charge in [-0.3, -0.25) is 14.1 Å². The fourth-order valence-corrected chi connectivity index (χ4v) is 4.09. The highest BCUT2D eigenvalue weighted by Crippen LogP contribution is 2.30. The first-order valence-electron chi connectivity index (χ1n) is 9.45. The Labute approximate surface area is 157 Å². The molecule has 140 valence electrons. The van der Waals surface area contributed by atoms with Gasteiger partial charge in [-0.25, -0.2) is 9.59 Å². The molecule has 2 aromatic heterocycles. The van der Waals surface area contributed by atoms with Crippen molar-refractivity contribution in [1.82, 2.24) is 14.1 Å². The van der Waals surface area contributed by atoms with Crippen molar-refractivity contribution in [2.45, 2.75) is 51.6 Å². The molecule has 1 N–H and O–H groups in total. The Morgan fingerprint density at radius 1 is 1.19 bits per heavy atom. The van der Waals surface area contributed by atoms with Crippen molar-refractivity contribution < 1.29 is 9.90 Å². The molecule has 1 fully saturated rings. The van der Waals surface area contributed by atoms with Crippen molar-refractivity contribution in [3.63, 3.8) is 0 Å². The zero-order valence-corrected chi connectivity index (χ0v) is 15.4. The fraction of sp³-hybridized carbons (Fsp3) is 0.381. The Balaban J connectivity index is 1.91. The summed E-state index contributed by atoms with van der Waals surface area (Å²) in [5.41, 5.74) is 3.42. The van der Waals surface area contributed by atoms with E-state index in [9.17, 15) is 14.7 Å². The second kappa shape index (κ2) is 7.02. The summed E-state index contributed by atoms with van der Waals surface area (Å²) in [5, 5.41) is 9.39. The van der Waals surface area contributed by atoms with Gasteiger partial charge in [-0.05, 0) is 49.6 Å².